The van der Waals surface area contributed by atoms with Crippen LogP contribution in [-0.4, -0.2) is 47.7 Å². The zero-order valence-electron chi connectivity index (χ0n) is 10.4. The van der Waals surface area contributed by atoms with Crippen molar-refractivity contribution in [1.82, 2.24) is 10.2 Å². The van der Waals surface area contributed by atoms with Crippen LogP contribution in [0.5, 0.6) is 0 Å². The zero-order valence-corrected chi connectivity index (χ0v) is 11.1. The Balaban J connectivity index is 2.35. The largest absolute Gasteiger partial charge is 0.394 e. The Morgan fingerprint density at radius 3 is 2.74 bits per heavy atom. The second-order valence-corrected chi connectivity index (χ2v) is 4.88. The van der Waals surface area contributed by atoms with E-state index in [1.165, 1.54) is 12.1 Å². The first kappa shape index (κ1) is 14.2. The third kappa shape index (κ3) is 3.22. The highest BCUT2D eigenvalue weighted by atomic mass is 35.5. The van der Waals surface area contributed by atoms with E-state index in [2.05, 4.69) is 5.32 Å². The average molecular weight is 286 g/mol. The molecule has 0 spiro atoms. The monoisotopic (exact) mass is 285 g/mol. The Hall–Kier alpha value is -1.21. The molecule has 0 amide bonds. The predicted molar refractivity (Wildman–Crippen MR) is 72.4 cm³/mol. The van der Waals surface area contributed by atoms with Gasteiger partial charge in [-0.15, -0.1) is 0 Å². The minimum Gasteiger partial charge on any atom is -0.394 e. The van der Waals surface area contributed by atoms with E-state index in [0.29, 0.717) is 10.6 Å². The van der Waals surface area contributed by atoms with Gasteiger partial charge in [0.1, 0.15) is 0 Å². The predicted octanol–water partition coefficient (Wildman–Crippen LogP) is 1.19. The second kappa shape index (κ2) is 6.29. The van der Waals surface area contributed by atoms with Crippen molar-refractivity contribution in [2.45, 2.75) is 6.04 Å². The third-order valence-corrected chi connectivity index (χ3v) is 3.55. The number of piperazine rings is 1. The minimum atomic E-state index is -0.434. The Morgan fingerprint density at radius 2 is 2.16 bits per heavy atom. The molecule has 1 fully saturated rings. The number of hydrogen-bond acceptors (Lipinski definition) is 5. The van der Waals surface area contributed by atoms with Gasteiger partial charge in [0.05, 0.1) is 23.1 Å². The van der Waals surface area contributed by atoms with Crippen LogP contribution in [0, 0.1) is 10.1 Å². The summed E-state index contributed by atoms with van der Waals surface area (Å²) in [5, 5.41) is 24.3. The number of nitro groups is 1. The van der Waals surface area contributed by atoms with Crippen LogP contribution < -0.4 is 5.32 Å². The van der Waals surface area contributed by atoms with Gasteiger partial charge in [0.2, 0.25) is 0 Å². The van der Waals surface area contributed by atoms with Crippen molar-refractivity contribution in [3.8, 4) is 0 Å². The number of nitrogens with one attached hydrogen (secondary N) is 1. The summed E-state index contributed by atoms with van der Waals surface area (Å²) in [6, 6.07) is 4.07. The maximum absolute atomic E-state index is 11.1. The highest BCUT2D eigenvalue weighted by molar-refractivity contribution is 6.30. The summed E-state index contributed by atoms with van der Waals surface area (Å²) in [6.07, 6.45) is 0. The summed E-state index contributed by atoms with van der Waals surface area (Å²) in [5.74, 6) is 0. The van der Waals surface area contributed by atoms with Crippen molar-refractivity contribution in [1.29, 1.82) is 0 Å². The van der Waals surface area contributed by atoms with Crippen molar-refractivity contribution < 1.29 is 10.0 Å². The van der Waals surface area contributed by atoms with Crippen LogP contribution >= 0.6 is 11.6 Å². The minimum absolute atomic E-state index is 0.00184. The van der Waals surface area contributed by atoms with Gasteiger partial charge in [-0.1, -0.05) is 11.6 Å². The fourth-order valence-corrected chi connectivity index (χ4v) is 2.54. The first-order chi connectivity index (χ1) is 9.13. The molecule has 0 saturated carbocycles. The van der Waals surface area contributed by atoms with E-state index in [1.807, 2.05) is 4.90 Å². The van der Waals surface area contributed by atoms with Gasteiger partial charge < -0.3 is 10.4 Å². The molecule has 0 radical (unpaired) electrons. The molecule has 2 N–H and O–H groups in total. The third-order valence-electron chi connectivity index (χ3n) is 3.31. The highest BCUT2D eigenvalue weighted by Crippen LogP contribution is 2.31. The van der Waals surface area contributed by atoms with Crippen LogP contribution in [0.25, 0.3) is 0 Å². The maximum atomic E-state index is 11.1. The van der Waals surface area contributed by atoms with E-state index in [4.69, 9.17) is 11.6 Å². The number of nitrogens with zero attached hydrogens (tertiary/aromatic N) is 2. The molecule has 1 aliphatic rings. The lowest BCUT2D eigenvalue weighted by Gasteiger charge is -2.33. The van der Waals surface area contributed by atoms with Crippen LogP contribution in [-0.2, 0) is 0 Å². The summed E-state index contributed by atoms with van der Waals surface area (Å²) >= 11 is 5.93. The summed E-state index contributed by atoms with van der Waals surface area (Å²) in [6.45, 7) is 2.95. The van der Waals surface area contributed by atoms with Gasteiger partial charge in [-0.2, -0.15) is 0 Å². The molecule has 1 atom stereocenters. The molecular weight excluding hydrogens is 270 g/mol. The molecule has 1 aromatic rings. The zero-order chi connectivity index (χ0) is 13.8. The van der Waals surface area contributed by atoms with Gasteiger partial charge in [0.25, 0.3) is 5.69 Å². The Morgan fingerprint density at radius 1 is 1.47 bits per heavy atom. The van der Waals surface area contributed by atoms with E-state index in [9.17, 15) is 15.2 Å². The molecule has 0 unspecified atom stereocenters. The molecule has 7 heteroatoms. The van der Waals surface area contributed by atoms with Crippen molar-refractivity contribution in [3.63, 3.8) is 0 Å². The molecule has 0 aromatic heterocycles. The van der Waals surface area contributed by atoms with E-state index >= 15 is 0 Å². The molecule has 1 aromatic carbocycles. The first-order valence-electron chi connectivity index (χ1n) is 6.13. The smallest absolute Gasteiger partial charge is 0.274 e. The van der Waals surface area contributed by atoms with Crippen LogP contribution in [0.1, 0.15) is 11.6 Å². The van der Waals surface area contributed by atoms with E-state index in [1.54, 1.807) is 6.07 Å². The lowest BCUT2D eigenvalue weighted by Crippen LogP contribution is -2.46. The topological polar surface area (TPSA) is 78.6 Å². The standard InChI is InChI=1S/C12H16ClN3O3/c13-9-1-2-11(16(18)19)10(7-9)12(8-17)15-5-3-14-4-6-15/h1-2,7,12,14,17H,3-6,8H2/t12-/m1/s1. The first-order valence-corrected chi connectivity index (χ1v) is 6.50. The van der Waals surface area contributed by atoms with Gasteiger partial charge in [0.15, 0.2) is 0 Å². The lowest BCUT2D eigenvalue weighted by atomic mass is 10.0. The Kier molecular flexibility index (Phi) is 4.71. The van der Waals surface area contributed by atoms with Gasteiger partial charge in [0, 0.05) is 37.3 Å². The molecule has 104 valence electrons. The lowest BCUT2D eigenvalue weighted by molar-refractivity contribution is -0.386. The van der Waals surface area contributed by atoms with Crippen molar-refractivity contribution in [2.24, 2.45) is 0 Å². The molecule has 0 bridgehead atoms. The van der Waals surface area contributed by atoms with Crippen molar-refractivity contribution in [3.05, 3.63) is 38.9 Å². The number of nitro benzene ring substituents is 1. The molecule has 2 rings (SSSR count). The van der Waals surface area contributed by atoms with Crippen LogP contribution in [0.3, 0.4) is 0 Å². The molecule has 1 heterocycles. The highest BCUT2D eigenvalue weighted by Gasteiger charge is 2.27. The molecule has 19 heavy (non-hydrogen) atoms. The average Bonchev–Trinajstić information content (AvgIpc) is 2.40. The fraction of sp³-hybridized carbons (Fsp3) is 0.500. The van der Waals surface area contributed by atoms with E-state index in [0.717, 1.165) is 26.2 Å². The molecule has 1 aliphatic heterocycles. The Labute approximate surface area is 116 Å². The quantitative estimate of drug-likeness (QED) is 0.642. The number of halogens is 1. The van der Waals surface area contributed by atoms with Gasteiger partial charge in [-0.25, -0.2) is 0 Å². The van der Waals surface area contributed by atoms with Crippen molar-refractivity contribution >= 4 is 17.3 Å². The second-order valence-electron chi connectivity index (χ2n) is 4.44. The number of benzene rings is 1. The normalized spacial score (nSPS) is 18.2. The summed E-state index contributed by atoms with van der Waals surface area (Å²) in [5.41, 5.74) is 0.476. The molecular formula is C12H16ClN3O3. The number of aliphatic hydroxyl groups excluding tert-OH is 1. The van der Waals surface area contributed by atoms with Gasteiger partial charge in [-0.05, 0) is 12.1 Å². The number of aliphatic hydroxyl groups is 1. The summed E-state index contributed by atoms with van der Waals surface area (Å²) in [4.78, 5) is 12.7. The van der Waals surface area contributed by atoms with Gasteiger partial charge >= 0.3 is 0 Å². The van der Waals surface area contributed by atoms with Crippen LogP contribution in [0.15, 0.2) is 18.2 Å². The SMILES string of the molecule is O=[N+]([O-])c1ccc(Cl)cc1[C@@H](CO)N1CCNCC1. The van der Waals surface area contributed by atoms with Crippen LogP contribution in [0.2, 0.25) is 5.02 Å². The van der Waals surface area contributed by atoms with E-state index < -0.39 is 4.92 Å². The fourth-order valence-electron chi connectivity index (χ4n) is 2.36. The summed E-state index contributed by atoms with van der Waals surface area (Å²) < 4.78 is 0. The number of rotatable bonds is 4. The maximum Gasteiger partial charge on any atom is 0.274 e. The van der Waals surface area contributed by atoms with Crippen molar-refractivity contribution in [2.75, 3.05) is 32.8 Å². The summed E-state index contributed by atoms with van der Waals surface area (Å²) in [7, 11) is 0. The molecule has 0 aliphatic carbocycles. The van der Waals surface area contributed by atoms with E-state index in [-0.39, 0.29) is 18.3 Å². The van der Waals surface area contributed by atoms with Gasteiger partial charge in [-0.3, -0.25) is 15.0 Å². The number of hydrogen-bond donors (Lipinski definition) is 2. The molecule has 6 nitrogen and oxygen atoms in total. The molecule has 1 saturated heterocycles. The van der Waals surface area contributed by atoms with Crippen LogP contribution in [0.4, 0.5) is 5.69 Å². The Bertz CT molecular complexity index is 464.